The van der Waals surface area contributed by atoms with Gasteiger partial charge in [-0.3, -0.25) is 14.2 Å². The van der Waals surface area contributed by atoms with E-state index in [0.717, 1.165) is 35.9 Å². The van der Waals surface area contributed by atoms with E-state index in [1.165, 1.54) is 35.4 Å². The van der Waals surface area contributed by atoms with Crippen LogP contribution in [0.2, 0.25) is 0 Å². The predicted molar refractivity (Wildman–Crippen MR) is 131 cm³/mol. The van der Waals surface area contributed by atoms with Crippen LogP contribution in [-0.2, 0) is 30.7 Å². The summed E-state index contributed by atoms with van der Waals surface area (Å²) in [7, 11) is 1.42. The van der Waals surface area contributed by atoms with Gasteiger partial charge in [0.1, 0.15) is 4.83 Å². The van der Waals surface area contributed by atoms with Crippen molar-refractivity contribution in [1.82, 2.24) is 14.5 Å². The number of ether oxygens (including phenoxy) is 1. The molecule has 0 bridgehead atoms. The predicted octanol–water partition coefficient (Wildman–Crippen LogP) is 4.65. The third-order valence-corrected chi connectivity index (χ3v) is 8.15. The fourth-order valence-electron chi connectivity index (χ4n) is 4.23. The second-order valence-electron chi connectivity index (χ2n) is 8.00. The maximum absolute atomic E-state index is 14.0. The maximum atomic E-state index is 14.0. The van der Waals surface area contributed by atoms with Crippen molar-refractivity contribution in [1.29, 1.82) is 0 Å². The van der Waals surface area contributed by atoms with Gasteiger partial charge >= 0.3 is 0 Å². The van der Waals surface area contributed by atoms with Crippen molar-refractivity contribution in [3.63, 3.8) is 0 Å². The number of rotatable bonds is 8. The Kier molecular flexibility index (Phi) is 7.38. The van der Waals surface area contributed by atoms with Gasteiger partial charge in [0.25, 0.3) is 5.56 Å². The van der Waals surface area contributed by atoms with Gasteiger partial charge in [-0.15, -0.1) is 11.3 Å². The van der Waals surface area contributed by atoms with Crippen molar-refractivity contribution in [2.24, 2.45) is 0 Å². The van der Waals surface area contributed by atoms with E-state index in [1.807, 2.05) is 13.8 Å². The third-order valence-electron chi connectivity index (χ3n) is 6.00. The summed E-state index contributed by atoms with van der Waals surface area (Å²) in [6.07, 6.45) is 4.22. The van der Waals surface area contributed by atoms with Gasteiger partial charge in [-0.1, -0.05) is 17.8 Å². The van der Waals surface area contributed by atoms with Crippen molar-refractivity contribution < 1.29 is 13.9 Å². The third kappa shape index (κ3) is 4.80. The lowest BCUT2D eigenvalue weighted by Gasteiger charge is -2.21. The van der Waals surface area contributed by atoms with E-state index in [1.54, 1.807) is 32.9 Å². The molecule has 2 aromatic heterocycles. The Labute approximate surface area is 200 Å². The summed E-state index contributed by atoms with van der Waals surface area (Å²) >= 11 is 2.91. The van der Waals surface area contributed by atoms with Crippen LogP contribution in [-0.4, -0.2) is 39.8 Å². The number of carbonyl (C=O) groups is 1. The van der Waals surface area contributed by atoms with Crippen LogP contribution in [0.25, 0.3) is 10.2 Å². The first-order valence-corrected chi connectivity index (χ1v) is 13.0. The van der Waals surface area contributed by atoms with E-state index in [4.69, 9.17) is 9.72 Å². The molecule has 33 heavy (non-hydrogen) atoms. The number of methoxy groups -OCH3 is 1. The van der Waals surface area contributed by atoms with Crippen LogP contribution in [0.1, 0.15) is 42.7 Å². The Morgan fingerprint density at radius 1 is 1.30 bits per heavy atom. The number of thioether (sulfide) groups is 1. The highest BCUT2D eigenvalue weighted by molar-refractivity contribution is 7.99. The number of hydrogen-bond acceptors (Lipinski definition) is 6. The number of halogens is 1. The van der Waals surface area contributed by atoms with Crippen LogP contribution in [0.3, 0.4) is 0 Å². The number of aryl methyl sites for hydroxylation is 2. The van der Waals surface area contributed by atoms with Crippen LogP contribution >= 0.6 is 23.1 Å². The Bertz CT molecular complexity index is 1240. The number of nitrogens with zero attached hydrogens (tertiary/aromatic N) is 3. The molecule has 0 radical (unpaired) electrons. The lowest BCUT2D eigenvalue weighted by atomic mass is 9.97. The van der Waals surface area contributed by atoms with E-state index in [0.29, 0.717) is 30.4 Å². The van der Waals surface area contributed by atoms with Gasteiger partial charge < -0.3 is 9.64 Å². The molecule has 0 aliphatic heterocycles. The molecule has 1 aromatic carbocycles. The highest BCUT2D eigenvalue weighted by Gasteiger charge is 2.23. The SMILES string of the molecule is CCN(Cc1ccc(OC)c(F)c1)C(=O)CSc1nc2sc3c(c2c(=O)n1CC)CCCC3. The van der Waals surface area contributed by atoms with E-state index >= 15 is 0 Å². The van der Waals surface area contributed by atoms with Gasteiger partial charge in [0, 0.05) is 24.5 Å². The average molecular weight is 490 g/mol. The molecule has 3 aromatic rings. The molecule has 0 saturated heterocycles. The zero-order valence-corrected chi connectivity index (χ0v) is 20.8. The number of benzene rings is 1. The Morgan fingerprint density at radius 3 is 2.79 bits per heavy atom. The number of amides is 1. The Morgan fingerprint density at radius 2 is 2.09 bits per heavy atom. The van der Waals surface area contributed by atoms with Crippen molar-refractivity contribution in [3.8, 4) is 5.75 Å². The number of aromatic nitrogens is 2. The number of hydrogen-bond donors (Lipinski definition) is 0. The molecule has 0 unspecified atom stereocenters. The molecule has 0 atom stereocenters. The summed E-state index contributed by atoms with van der Waals surface area (Å²) in [4.78, 5) is 34.7. The fraction of sp³-hybridized carbons (Fsp3) is 0.458. The van der Waals surface area contributed by atoms with E-state index in [-0.39, 0.29) is 23.0 Å². The molecule has 6 nitrogen and oxygen atoms in total. The van der Waals surface area contributed by atoms with Gasteiger partial charge in [-0.05, 0) is 62.8 Å². The van der Waals surface area contributed by atoms with Crippen LogP contribution < -0.4 is 10.3 Å². The second-order valence-corrected chi connectivity index (χ2v) is 10.0. The number of thiophene rings is 1. The van der Waals surface area contributed by atoms with Crippen molar-refractivity contribution in [2.75, 3.05) is 19.4 Å². The van der Waals surface area contributed by atoms with E-state index in [9.17, 15) is 14.0 Å². The first kappa shape index (κ1) is 23.8. The first-order chi connectivity index (χ1) is 16.0. The van der Waals surface area contributed by atoms with Gasteiger partial charge in [-0.2, -0.15) is 0 Å². The molecule has 2 heterocycles. The Balaban J connectivity index is 1.52. The molecule has 0 fully saturated rings. The lowest BCUT2D eigenvalue weighted by molar-refractivity contribution is -0.128. The van der Waals surface area contributed by atoms with Crippen molar-refractivity contribution in [2.45, 2.75) is 57.8 Å². The minimum Gasteiger partial charge on any atom is -0.494 e. The molecule has 0 spiro atoms. The summed E-state index contributed by atoms with van der Waals surface area (Å²) in [6, 6.07) is 4.72. The van der Waals surface area contributed by atoms with Crippen LogP contribution in [0.15, 0.2) is 28.2 Å². The van der Waals surface area contributed by atoms with Gasteiger partial charge in [0.15, 0.2) is 16.7 Å². The normalized spacial score (nSPS) is 13.2. The molecule has 0 N–H and O–H groups in total. The number of carbonyl (C=O) groups excluding carboxylic acids is 1. The smallest absolute Gasteiger partial charge is 0.263 e. The van der Waals surface area contributed by atoms with Gasteiger partial charge in [-0.25, -0.2) is 9.37 Å². The van der Waals surface area contributed by atoms with Gasteiger partial charge in [0.2, 0.25) is 5.91 Å². The Hall–Kier alpha value is -2.39. The van der Waals surface area contributed by atoms with Crippen LogP contribution in [0, 0.1) is 5.82 Å². The molecule has 4 rings (SSSR count). The van der Waals surface area contributed by atoms with Crippen molar-refractivity contribution >= 4 is 39.2 Å². The lowest BCUT2D eigenvalue weighted by Crippen LogP contribution is -2.32. The largest absolute Gasteiger partial charge is 0.494 e. The molecule has 9 heteroatoms. The summed E-state index contributed by atoms with van der Waals surface area (Å²) in [6.45, 7) is 5.13. The highest BCUT2D eigenvalue weighted by atomic mass is 32.2. The standard InChI is InChI=1S/C24H28FN3O3S2/c1-4-27(13-15-10-11-18(31-3)17(25)12-15)20(29)14-32-24-26-22-21(23(30)28(24)5-2)16-8-6-7-9-19(16)33-22/h10-12H,4-9,13-14H2,1-3H3. The second kappa shape index (κ2) is 10.3. The summed E-state index contributed by atoms with van der Waals surface area (Å²) < 4.78 is 20.7. The van der Waals surface area contributed by atoms with Crippen molar-refractivity contribution in [3.05, 3.63) is 50.4 Å². The summed E-state index contributed by atoms with van der Waals surface area (Å²) in [5.74, 6) is -0.190. The summed E-state index contributed by atoms with van der Waals surface area (Å²) in [5, 5.41) is 1.34. The molecule has 176 valence electrons. The minimum absolute atomic E-state index is 0.00194. The number of fused-ring (bicyclic) bond motifs is 3. The van der Waals surface area contributed by atoms with Gasteiger partial charge in [0.05, 0.1) is 18.2 Å². The minimum atomic E-state index is -0.448. The zero-order chi connectivity index (χ0) is 23.5. The van der Waals surface area contributed by atoms with Crippen LogP contribution in [0.5, 0.6) is 5.75 Å². The monoisotopic (exact) mass is 489 g/mol. The highest BCUT2D eigenvalue weighted by Crippen LogP contribution is 2.34. The molecule has 1 aliphatic carbocycles. The molecule has 0 saturated carbocycles. The fourth-order valence-corrected chi connectivity index (χ4v) is 6.50. The maximum Gasteiger partial charge on any atom is 0.263 e. The average Bonchev–Trinajstić information content (AvgIpc) is 3.19. The zero-order valence-electron chi connectivity index (χ0n) is 19.1. The quantitative estimate of drug-likeness (QED) is 0.341. The first-order valence-electron chi connectivity index (χ1n) is 11.2. The molecular weight excluding hydrogens is 461 g/mol. The summed E-state index contributed by atoms with van der Waals surface area (Å²) in [5.41, 5.74) is 1.87. The van der Waals surface area contributed by atoms with E-state index < -0.39 is 5.82 Å². The molecule has 1 amide bonds. The topological polar surface area (TPSA) is 64.4 Å². The molecular formula is C24H28FN3O3S2. The van der Waals surface area contributed by atoms with Crippen LogP contribution in [0.4, 0.5) is 4.39 Å². The molecule has 1 aliphatic rings. The van der Waals surface area contributed by atoms with E-state index in [2.05, 4.69) is 0 Å².